The highest BCUT2D eigenvalue weighted by Crippen LogP contribution is 2.33. The summed E-state index contributed by atoms with van der Waals surface area (Å²) in [4.78, 5) is 22.6. The van der Waals surface area contributed by atoms with Crippen molar-refractivity contribution in [3.63, 3.8) is 0 Å². The molecular weight excluding hydrogens is 426 g/mol. The SMILES string of the molecule is CCOC(=O)c1cc2cccc(N(C)S(=O)(=O)c3ccc([N+](=O)[O-])cc3)c2n1COC. The third-order valence-electron chi connectivity index (χ3n) is 4.69. The minimum absolute atomic E-state index is 0.0000796. The maximum atomic E-state index is 13.2. The van der Waals surface area contributed by atoms with Crippen molar-refractivity contribution in [2.45, 2.75) is 18.6 Å². The monoisotopic (exact) mass is 447 g/mol. The van der Waals surface area contributed by atoms with Crippen LogP contribution in [0.4, 0.5) is 11.4 Å². The first kappa shape index (κ1) is 22.2. The molecule has 11 heteroatoms. The normalized spacial score (nSPS) is 11.5. The molecule has 0 aliphatic heterocycles. The lowest BCUT2D eigenvalue weighted by molar-refractivity contribution is -0.384. The first-order valence-electron chi connectivity index (χ1n) is 9.24. The largest absolute Gasteiger partial charge is 0.461 e. The molecule has 0 atom stereocenters. The fraction of sp³-hybridized carbons (Fsp3) is 0.250. The molecule has 0 fully saturated rings. The summed E-state index contributed by atoms with van der Waals surface area (Å²) in [6.45, 7) is 1.88. The van der Waals surface area contributed by atoms with Gasteiger partial charge >= 0.3 is 5.97 Å². The number of hydrogen-bond donors (Lipinski definition) is 0. The van der Waals surface area contributed by atoms with Gasteiger partial charge in [0, 0.05) is 31.7 Å². The maximum absolute atomic E-state index is 13.2. The van der Waals surface area contributed by atoms with E-state index in [4.69, 9.17) is 9.47 Å². The van der Waals surface area contributed by atoms with Crippen LogP contribution in [0.3, 0.4) is 0 Å². The van der Waals surface area contributed by atoms with Gasteiger partial charge in [0.2, 0.25) is 0 Å². The summed E-state index contributed by atoms with van der Waals surface area (Å²) in [5.41, 5.74) is 0.799. The summed E-state index contributed by atoms with van der Waals surface area (Å²) in [5.74, 6) is -0.553. The highest BCUT2D eigenvalue weighted by atomic mass is 32.2. The summed E-state index contributed by atoms with van der Waals surface area (Å²) in [7, 11) is -1.20. The molecule has 0 unspecified atom stereocenters. The summed E-state index contributed by atoms with van der Waals surface area (Å²) >= 11 is 0. The number of non-ortho nitro benzene ring substituents is 1. The zero-order valence-electron chi connectivity index (χ0n) is 17.1. The third-order valence-corrected chi connectivity index (χ3v) is 6.47. The summed E-state index contributed by atoms with van der Waals surface area (Å²) < 4.78 is 39.3. The highest BCUT2D eigenvalue weighted by Gasteiger charge is 2.26. The molecule has 1 heterocycles. The van der Waals surface area contributed by atoms with Crippen LogP contribution in [0.25, 0.3) is 10.9 Å². The van der Waals surface area contributed by atoms with Crippen molar-refractivity contribution in [3.8, 4) is 0 Å². The Bertz CT molecular complexity index is 1230. The molecule has 0 N–H and O–H groups in total. The number of esters is 1. The van der Waals surface area contributed by atoms with Gasteiger partial charge in [0.05, 0.1) is 27.6 Å². The summed E-state index contributed by atoms with van der Waals surface area (Å²) in [6.07, 6.45) is 0. The van der Waals surface area contributed by atoms with Crippen LogP contribution in [0.1, 0.15) is 17.4 Å². The van der Waals surface area contributed by atoms with E-state index in [1.165, 1.54) is 26.3 Å². The molecule has 0 aliphatic carbocycles. The molecule has 3 rings (SSSR count). The Hall–Kier alpha value is -3.44. The van der Waals surface area contributed by atoms with Gasteiger partial charge in [0.1, 0.15) is 12.4 Å². The molecule has 0 saturated heterocycles. The lowest BCUT2D eigenvalue weighted by Crippen LogP contribution is -2.27. The highest BCUT2D eigenvalue weighted by molar-refractivity contribution is 7.92. The van der Waals surface area contributed by atoms with Crippen LogP contribution >= 0.6 is 0 Å². The smallest absolute Gasteiger partial charge is 0.355 e. The Morgan fingerprint density at radius 2 is 1.87 bits per heavy atom. The van der Waals surface area contributed by atoms with Crippen LogP contribution in [0, 0.1) is 10.1 Å². The number of nitrogens with zero attached hydrogens (tertiary/aromatic N) is 3. The standard InChI is InChI=1S/C20H21N3O7S/c1-4-30-20(24)18-12-14-6-5-7-17(19(14)22(18)13-29-3)21(2)31(27,28)16-10-8-15(9-11-16)23(25)26/h5-12H,4,13H2,1-3H3. The number of fused-ring (bicyclic) bond motifs is 1. The predicted octanol–water partition coefficient (Wildman–Crippen LogP) is 3.16. The van der Waals surface area contributed by atoms with E-state index in [2.05, 4.69) is 0 Å². The van der Waals surface area contributed by atoms with E-state index >= 15 is 0 Å². The van der Waals surface area contributed by atoms with Gasteiger partial charge in [-0.25, -0.2) is 13.2 Å². The van der Waals surface area contributed by atoms with Crippen molar-refractivity contribution in [3.05, 3.63) is 64.3 Å². The van der Waals surface area contributed by atoms with Crippen molar-refractivity contribution in [1.29, 1.82) is 0 Å². The summed E-state index contributed by atoms with van der Waals surface area (Å²) in [5, 5.41) is 11.5. The number of methoxy groups -OCH3 is 1. The van der Waals surface area contributed by atoms with E-state index in [0.29, 0.717) is 16.6 Å². The molecule has 31 heavy (non-hydrogen) atoms. The summed E-state index contributed by atoms with van der Waals surface area (Å²) in [6, 6.07) is 11.3. The van der Waals surface area contributed by atoms with Crippen molar-refractivity contribution in [1.82, 2.24) is 4.57 Å². The average molecular weight is 447 g/mol. The molecule has 1 aromatic heterocycles. The van der Waals surface area contributed by atoms with Gasteiger partial charge in [-0.3, -0.25) is 14.4 Å². The molecule has 2 aromatic carbocycles. The van der Waals surface area contributed by atoms with E-state index in [0.717, 1.165) is 16.4 Å². The van der Waals surface area contributed by atoms with Gasteiger partial charge in [-0.1, -0.05) is 12.1 Å². The Morgan fingerprint density at radius 3 is 2.45 bits per heavy atom. The number of carbonyl (C=O) groups is 1. The molecule has 0 spiro atoms. The molecule has 10 nitrogen and oxygen atoms in total. The Kier molecular flexibility index (Phi) is 6.27. The van der Waals surface area contributed by atoms with Crippen molar-refractivity contribution < 1.29 is 27.6 Å². The Labute approximate surface area is 178 Å². The second-order valence-corrected chi connectivity index (χ2v) is 8.50. The van der Waals surface area contributed by atoms with Gasteiger partial charge in [0.25, 0.3) is 15.7 Å². The van der Waals surface area contributed by atoms with Gasteiger partial charge in [-0.15, -0.1) is 0 Å². The predicted molar refractivity (Wildman–Crippen MR) is 114 cm³/mol. The zero-order valence-corrected chi connectivity index (χ0v) is 18.0. The minimum Gasteiger partial charge on any atom is -0.461 e. The molecule has 0 aliphatic rings. The second-order valence-electron chi connectivity index (χ2n) is 6.53. The fourth-order valence-electron chi connectivity index (χ4n) is 3.22. The number of carbonyl (C=O) groups excluding carboxylic acids is 1. The first-order valence-corrected chi connectivity index (χ1v) is 10.7. The number of hydrogen-bond acceptors (Lipinski definition) is 7. The third kappa shape index (κ3) is 4.09. The molecule has 0 bridgehead atoms. The van der Waals surface area contributed by atoms with Crippen LogP contribution in [0.2, 0.25) is 0 Å². The van der Waals surface area contributed by atoms with Gasteiger partial charge in [-0.2, -0.15) is 0 Å². The van der Waals surface area contributed by atoms with E-state index in [-0.39, 0.29) is 29.6 Å². The minimum atomic E-state index is -4.04. The van der Waals surface area contributed by atoms with Crippen molar-refractivity contribution in [2.24, 2.45) is 0 Å². The Morgan fingerprint density at radius 1 is 1.19 bits per heavy atom. The van der Waals surface area contributed by atoms with Gasteiger partial charge in [-0.05, 0) is 31.2 Å². The lowest BCUT2D eigenvalue weighted by Gasteiger charge is -2.22. The number of benzene rings is 2. The number of rotatable bonds is 8. The van der Waals surface area contributed by atoms with Crippen LogP contribution in [-0.2, 0) is 26.2 Å². The zero-order chi connectivity index (χ0) is 22.8. The number of nitro benzene ring substituents is 1. The van der Waals surface area contributed by atoms with Crippen LogP contribution in [0.15, 0.2) is 53.4 Å². The maximum Gasteiger partial charge on any atom is 0.355 e. The van der Waals surface area contributed by atoms with E-state index in [9.17, 15) is 23.3 Å². The molecular formula is C20H21N3O7S. The van der Waals surface area contributed by atoms with Crippen molar-refractivity contribution >= 4 is 38.3 Å². The van der Waals surface area contributed by atoms with E-state index in [1.54, 1.807) is 35.8 Å². The number of para-hydroxylation sites is 1. The quantitative estimate of drug-likeness (QED) is 0.295. The van der Waals surface area contributed by atoms with Gasteiger partial charge in [0.15, 0.2) is 0 Å². The average Bonchev–Trinajstić information content (AvgIpc) is 3.12. The number of sulfonamides is 1. The van der Waals surface area contributed by atoms with Crippen molar-refractivity contribution in [2.75, 3.05) is 25.1 Å². The molecule has 164 valence electrons. The van der Waals surface area contributed by atoms with Crippen LogP contribution < -0.4 is 4.31 Å². The molecule has 0 amide bonds. The number of ether oxygens (including phenoxy) is 2. The number of aromatic nitrogens is 1. The first-order chi connectivity index (χ1) is 14.7. The second kappa shape index (κ2) is 8.74. The number of nitro groups is 1. The van der Waals surface area contributed by atoms with E-state index < -0.39 is 20.9 Å². The van der Waals surface area contributed by atoms with E-state index in [1.807, 2.05) is 0 Å². The van der Waals surface area contributed by atoms with Crippen LogP contribution in [-0.4, -0.2) is 44.6 Å². The number of anilines is 1. The molecule has 0 saturated carbocycles. The van der Waals surface area contributed by atoms with Crippen LogP contribution in [0.5, 0.6) is 0 Å². The topological polar surface area (TPSA) is 121 Å². The van der Waals surface area contributed by atoms with Gasteiger partial charge < -0.3 is 14.0 Å². The lowest BCUT2D eigenvalue weighted by atomic mass is 10.2. The molecule has 3 aromatic rings. The Balaban J connectivity index is 2.15. The fourth-order valence-corrected chi connectivity index (χ4v) is 4.43. The molecule has 0 radical (unpaired) electrons.